The van der Waals surface area contributed by atoms with E-state index in [1.165, 1.54) is 0 Å². The van der Waals surface area contributed by atoms with Crippen molar-refractivity contribution in [3.05, 3.63) is 60.7 Å². The Bertz CT molecular complexity index is 1040. The Morgan fingerprint density at radius 1 is 0.923 bits per heavy atom. The molecule has 0 saturated heterocycles. The number of benzene rings is 2. The Hall–Kier alpha value is -3.41. The number of nitrogen functional groups attached to an aromatic ring is 1. The van der Waals surface area contributed by atoms with Crippen molar-refractivity contribution in [2.24, 2.45) is 0 Å². The van der Waals surface area contributed by atoms with Gasteiger partial charge in [0.15, 0.2) is 5.65 Å². The van der Waals surface area contributed by atoms with Gasteiger partial charge in [0.05, 0.1) is 16.8 Å². The number of nitrogens with two attached hydrogens (primary N) is 1. The smallest absolute Gasteiger partial charge is 0.225 e. The fourth-order valence-corrected chi connectivity index (χ4v) is 2.91. The molecule has 3 N–H and O–H groups in total. The summed E-state index contributed by atoms with van der Waals surface area (Å²) in [6, 6.07) is 20.0. The summed E-state index contributed by atoms with van der Waals surface area (Å²) in [6.45, 7) is 4.10. The number of anilines is 2. The standard InChI is InChI=1S/C20H20N6/c1-13(2)22-20-23-17(14-9-5-3-6-10-14)16-18(21)26(25-19(16)24-20)15-11-7-4-8-12-15/h3-13H,21H2,1-2H3,(H,22,24,25). The zero-order valence-electron chi connectivity index (χ0n) is 14.7. The molecule has 0 radical (unpaired) electrons. The monoisotopic (exact) mass is 344 g/mol. The van der Waals surface area contributed by atoms with E-state index in [9.17, 15) is 0 Å². The van der Waals surface area contributed by atoms with Gasteiger partial charge in [0, 0.05) is 11.6 Å². The van der Waals surface area contributed by atoms with E-state index in [-0.39, 0.29) is 6.04 Å². The predicted molar refractivity (Wildman–Crippen MR) is 105 cm³/mol. The van der Waals surface area contributed by atoms with Gasteiger partial charge in [-0.15, -0.1) is 5.10 Å². The van der Waals surface area contributed by atoms with E-state index in [1.807, 2.05) is 74.5 Å². The second-order valence-electron chi connectivity index (χ2n) is 6.39. The second kappa shape index (κ2) is 6.48. The molecule has 0 aliphatic rings. The topological polar surface area (TPSA) is 81.6 Å². The quantitative estimate of drug-likeness (QED) is 0.587. The van der Waals surface area contributed by atoms with Crippen molar-refractivity contribution >= 4 is 22.8 Å². The summed E-state index contributed by atoms with van der Waals surface area (Å²) in [5.74, 6) is 1.07. The molecule has 2 heterocycles. The molecule has 0 bridgehead atoms. The molecule has 0 atom stereocenters. The fraction of sp³-hybridized carbons (Fsp3) is 0.150. The highest BCUT2D eigenvalue weighted by Crippen LogP contribution is 2.32. The van der Waals surface area contributed by atoms with E-state index in [1.54, 1.807) is 4.68 Å². The summed E-state index contributed by atoms with van der Waals surface area (Å²) in [5, 5.41) is 8.66. The molecule has 0 saturated carbocycles. The molecule has 4 aromatic rings. The maximum atomic E-state index is 6.46. The van der Waals surface area contributed by atoms with Crippen molar-refractivity contribution < 1.29 is 0 Å². The molecular weight excluding hydrogens is 324 g/mol. The summed E-state index contributed by atoms with van der Waals surface area (Å²) in [6.07, 6.45) is 0. The van der Waals surface area contributed by atoms with Crippen LogP contribution in [0.5, 0.6) is 0 Å². The first-order valence-electron chi connectivity index (χ1n) is 8.57. The van der Waals surface area contributed by atoms with Crippen LogP contribution in [-0.4, -0.2) is 25.8 Å². The lowest BCUT2D eigenvalue weighted by molar-refractivity contribution is 0.872. The van der Waals surface area contributed by atoms with E-state index in [4.69, 9.17) is 10.7 Å². The third kappa shape index (κ3) is 2.86. The van der Waals surface area contributed by atoms with Gasteiger partial charge in [0.1, 0.15) is 5.82 Å². The summed E-state index contributed by atoms with van der Waals surface area (Å²) in [7, 11) is 0. The van der Waals surface area contributed by atoms with Crippen molar-refractivity contribution in [2.45, 2.75) is 19.9 Å². The number of nitrogens with zero attached hydrogens (tertiary/aromatic N) is 4. The van der Waals surface area contributed by atoms with Gasteiger partial charge < -0.3 is 11.1 Å². The number of nitrogens with one attached hydrogen (secondary N) is 1. The number of hydrogen-bond acceptors (Lipinski definition) is 5. The lowest BCUT2D eigenvalue weighted by Crippen LogP contribution is -2.13. The molecular formula is C20H20N6. The molecule has 130 valence electrons. The Kier molecular flexibility index (Phi) is 4.01. The minimum atomic E-state index is 0.213. The van der Waals surface area contributed by atoms with Crippen LogP contribution in [0.3, 0.4) is 0 Å². The van der Waals surface area contributed by atoms with Crippen LogP contribution in [0.25, 0.3) is 28.0 Å². The molecule has 2 aromatic carbocycles. The maximum absolute atomic E-state index is 6.46. The van der Waals surface area contributed by atoms with Gasteiger partial charge in [0.25, 0.3) is 0 Å². The van der Waals surface area contributed by atoms with Crippen LogP contribution < -0.4 is 11.1 Å². The van der Waals surface area contributed by atoms with Gasteiger partial charge in [0.2, 0.25) is 5.95 Å². The molecule has 0 aliphatic heterocycles. The van der Waals surface area contributed by atoms with Crippen molar-refractivity contribution in [3.8, 4) is 16.9 Å². The Morgan fingerprint density at radius 2 is 1.58 bits per heavy atom. The number of fused-ring (bicyclic) bond motifs is 1. The van der Waals surface area contributed by atoms with Gasteiger partial charge in [-0.25, -0.2) is 9.67 Å². The van der Waals surface area contributed by atoms with Crippen molar-refractivity contribution in [3.63, 3.8) is 0 Å². The van der Waals surface area contributed by atoms with Crippen LogP contribution in [0.15, 0.2) is 60.7 Å². The molecule has 0 spiro atoms. The molecule has 26 heavy (non-hydrogen) atoms. The average Bonchev–Trinajstić information content (AvgIpc) is 2.99. The van der Waals surface area contributed by atoms with Crippen LogP contribution in [-0.2, 0) is 0 Å². The van der Waals surface area contributed by atoms with Gasteiger partial charge in [-0.1, -0.05) is 48.5 Å². The van der Waals surface area contributed by atoms with E-state index >= 15 is 0 Å². The van der Waals surface area contributed by atoms with Crippen LogP contribution >= 0.6 is 0 Å². The van der Waals surface area contributed by atoms with Gasteiger partial charge in [-0.05, 0) is 26.0 Å². The Morgan fingerprint density at radius 3 is 2.23 bits per heavy atom. The first kappa shape index (κ1) is 16.1. The minimum Gasteiger partial charge on any atom is -0.383 e. The number of para-hydroxylation sites is 1. The molecule has 0 aliphatic carbocycles. The number of rotatable bonds is 4. The predicted octanol–water partition coefficient (Wildman–Crippen LogP) is 3.89. The largest absolute Gasteiger partial charge is 0.383 e. The molecule has 0 unspecified atom stereocenters. The van der Waals surface area contributed by atoms with E-state index < -0.39 is 0 Å². The summed E-state index contributed by atoms with van der Waals surface area (Å²) >= 11 is 0. The first-order chi connectivity index (χ1) is 12.6. The highest BCUT2D eigenvalue weighted by molar-refractivity contribution is 5.99. The van der Waals surface area contributed by atoms with Crippen molar-refractivity contribution in [1.29, 1.82) is 0 Å². The van der Waals surface area contributed by atoms with Crippen LogP contribution in [0.2, 0.25) is 0 Å². The van der Waals surface area contributed by atoms with Gasteiger partial charge in [-0.3, -0.25) is 0 Å². The zero-order valence-corrected chi connectivity index (χ0v) is 14.7. The second-order valence-corrected chi connectivity index (χ2v) is 6.39. The highest BCUT2D eigenvalue weighted by atomic mass is 15.3. The van der Waals surface area contributed by atoms with Gasteiger partial charge >= 0.3 is 0 Å². The first-order valence-corrected chi connectivity index (χ1v) is 8.57. The van der Waals surface area contributed by atoms with Crippen LogP contribution in [0.4, 0.5) is 11.8 Å². The van der Waals surface area contributed by atoms with E-state index in [0.717, 1.165) is 22.3 Å². The van der Waals surface area contributed by atoms with Crippen molar-refractivity contribution in [2.75, 3.05) is 11.1 Å². The molecule has 0 amide bonds. The summed E-state index contributed by atoms with van der Waals surface area (Å²) in [5.41, 5.74) is 9.68. The summed E-state index contributed by atoms with van der Waals surface area (Å²) in [4.78, 5) is 9.30. The van der Waals surface area contributed by atoms with Crippen molar-refractivity contribution in [1.82, 2.24) is 19.7 Å². The van der Waals surface area contributed by atoms with Crippen LogP contribution in [0, 0.1) is 0 Å². The molecule has 2 aromatic heterocycles. The molecule has 0 fully saturated rings. The SMILES string of the molecule is CC(C)Nc1nc(-c2ccccc2)c2c(N)n(-c3ccccc3)nc2n1. The van der Waals surface area contributed by atoms with E-state index in [2.05, 4.69) is 15.4 Å². The lowest BCUT2D eigenvalue weighted by Gasteiger charge is -2.10. The third-order valence-corrected chi connectivity index (χ3v) is 4.03. The highest BCUT2D eigenvalue weighted by Gasteiger charge is 2.19. The average molecular weight is 344 g/mol. The minimum absolute atomic E-state index is 0.213. The molecule has 6 heteroatoms. The summed E-state index contributed by atoms with van der Waals surface area (Å²) < 4.78 is 1.71. The number of aromatic nitrogens is 4. The van der Waals surface area contributed by atoms with Crippen LogP contribution in [0.1, 0.15) is 13.8 Å². The van der Waals surface area contributed by atoms with E-state index in [0.29, 0.717) is 17.4 Å². The Balaban J connectivity index is 1.99. The fourth-order valence-electron chi connectivity index (χ4n) is 2.91. The third-order valence-electron chi connectivity index (χ3n) is 4.03. The normalized spacial score (nSPS) is 11.2. The lowest BCUT2D eigenvalue weighted by atomic mass is 10.1. The molecule has 6 nitrogen and oxygen atoms in total. The number of hydrogen-bond donors (Lipinski definition) is 2. The Labute approximate surface area is 151 Å². The molecule has 4 rings (SSSR count). The maximum Gasteiger partial charge on any atom is 0.225 e. The van der Waals surface area contributed by atoms with Gasteiger partial charge in [-0.2, -0.15) is 4.98 Å². The zero-order chi connectivity index (χ0) is 18.1.